The molecule has 10 nitrogen and oxygen atoms in total. The van der Waals surface area contributed by atoms with Gasteiger partial charge in [0.2, 0.25) is 5.91 Å². The van der Waals surface area contributed by atoms with Gasteiger partial charge in [0.1, 0.15) is 11.6 Å². The zero-order chi connectivity index (χ0) is 30.6. The van der Waals surface area contributed by atoms with E-state index in [1.807, 2.05) is 82.1 Å². The van der Waals surface area contributed by atoms with Crippen LogP contribution in [0.15, 0.2) is 53.6 Å². The number of aromatic nitrogens is 2. The first kappa shape index (κ1) is 30.0. The molecular formula is C33H41N7O3. The molecule has 3 N–H and O–H groups in total. The zero-order valence-electron chi connectivity index (χ0n) is 25.6. The molecule has 1 atom stereocenters. The van der Waals surface area contributed by atoms with E-state index in [-0.39, 0.29) is 35.8 Å². The lowest BCUT2D eigenvalue weighted by atomic mass is 10.0. The molecule has 0 fully saturated rings. The maximum Gasteiger partial charge on any atom is 0.258 e. The van der Waals surface area contributed by atoms with Crippen molar-refractivity contribution in [2.24, 2.45) is 11.0 Å². The number of hydrazone groups is 1. The minimum atomic E-state index is -0.291. The van der Waals surface area contributed by atoms with Crippen LogP contribution >= 0.6 is 0 Å². The third-order valence-corrected chi connectivity index (χ3v) is 7.95. The number of ether oxygens (including phenoxy) is 1. The van der Waals surface area contributed by atoms with Crippen molar-refractivity contribution < 1.29 is 14.3 Å². The molecule has 3 heterocycles. The van der Waals surface area contributed by atoms with Crippen LogP contribution in [0.4, 0.5) is 11.5 Å². The van der Waals surface area contributed by atoms with E-state index < -0.39 is 0 Å². The molecule has 5 rings (SSSR count). The largest absolute Gasteiger partial charge is 0.484 e. The lowest BCUT2D eigenvalue weighted by Gasteiger charge is -2.31. The van der Waals surface area contributed by atoms with Crippen molar-refractivity contribution in [2.45, 2.75) is 65.5 Å². The van der Waals surface area contributed by atoms with Crippen LogP contribution in [0.3, 0.4) is 0 Å². The maximum atomic E-state index is 12.9. The summed E-state index contributed by atoms with van der Waals surface area (Å²) in [6.07, 6.45) is 3.38. The van der Waals surface area contributed by atoms with Crippen molar-refractivity contribution >= 4 is 29.5 Å². The lowest BCUT2D eigenvalue weighted by Crippen LogP contribution is -2.44. The minimum Gasteiger partial charge on any atom is -0.484 e. The van der Waals surface area contributed by atoms with Gasteiger partial charge in [-0.3, -0.25) is 9.59 Å². The van der Waals surface area contributed by atoms with Gasteiger partial charge in [-0.2, -0.15) is 5.10 Å². The highest BCUT2D eigenvalue weighted by Gasteiger charge is 2.27. The number of hydrogen-bond donors (Lipinski definition) is 3. The Morgan fingerprint density at radius 1 is 1.14 bits per heavy atom. The Bertz CT molecular complexity index is 1500. The Kier molecular flexibility index (Phi) is 8.94. The summed E-state index contributed by atoms with van der Waals surface area (Å²) in [7, 11) is 0. The molecular weight excluding hydrogens is 542 g/mol. The third-order valence-electron chi connectivity index (χ3n) is 7.95. The van der Waals surface area contributed by atoms with Gasteiger partial charge >= 0.3 is 0 Å². The summed E-state index contributed by atoms with van der Waals surface area (Å²) in [6, 6.07) is 15.7. The van der Waals surface area contributed by atoms with Crippen molar-refractivity contribution in [3.8, 4) is 17.1 Å². The number of rotatable bonds is 10. The molecule has 226 valence electrons. The van der Waals surface area contributed by atoms with Crippen LogP contribution in [-0.2, 0) is 22.6 Å². The molecule has 10 heteroatoms. The third kappa shape index (κ3) is 7.31. The van der Waals surface area contributed by atoms with Crippen LogP contribution in [0, 0.1) is 5.92 Å². The summed E-state index contributed by atoms with van der Waals surface area (Å²) < 4.78 is 5.83. The lowest BCUT2D eigenvalue weighted by molar-refractivity contribution is -0.135. The molecule has 3 aromatic rings. The summed E-state index contributed by atoms with van der Waals surface area (Å²) in [6.45, 7) is 11.6. The summed E-state index contributed by atoms with van der Waals surface area (Å²) in [5.74, 6) is 1.90. The van der Waals surface area contributed by atoms with E-state index in [4.69, 9.17) is 14.7 Å². The highest BCUT2D eigenvalue weighted by atomic mass is 16.5. The number of fused-ring (bicyclic) bond motifs is 1. The van der Waals surface area contributed by atoms with E-state index in [2.05, 4.69) is 33.3 Å². The van der Waals surface area contributed by atoms with Gasteiger partial charge in [0, 0.05) is 59.9 Å². The van der Waals surface area contributed by atoms with Crippen molar-refractivity contribution in [1.29, 1.82) is 0 Å². The standard InChI is InChI=1S/C33H41N7O3/c1-6-33(4,5)39-29(41)20-43-26-9-7-8-23(16-26)30-37-28-14-15-40(32(42)21(2)3)19-27(28)31(38-30)36-25-12-10-22(11-13-25)24-17-34-35-18-24/h7-13,16-17,21,24,35H,6,14-15,18-20H2,1-5H3,(H,39,41)(H,36,37,38). The average Bonchev–Trinajstić information content (AvgIpc) is 3.55. The Labute approximate surface area is 253 Å². The molecule has 0 radical (unpaired) electrons. The summed E-state index contributed by atoms with van der Waals surface area (Å²) in [4.78, 5) is 37.1. The molecule has 2 aliphatic heterocycles. The second-order valence-corrected chi connectivity index (χ2v) is 12.1. The van der Waals surface area contributed by atoms with Gasteiger partial charge in [-0.15, -0.1) is 0 Å². The number of anilines is 2. The SMILES string of the molecule is CCC(C)(C)NC(=O)COc1cccc(-c2nc3c(c(Nc4ccc(C5C=NNC5)cc4)n2)CN(C(=O)C(C)C)CC3)c1. The van der Waals surface area contributed by atoms with Gasteiger partial charge in [0.05, 0.1) is 12.2 Å². The minimum absolute atomic E-state index is 0.0801. The highest BCUT2D eigenvalue weighted by Crippen LogP contribution is 2.31. The monoisotopic (exact) mass is 583 g/mol. The van der Waals surface area contributed by atoms with Gasteiger partial charge in [0.25, 0.3) is 5.91 Å². The first-order valence-electron chi connectivity index (χ1n) is 15.0. The van der Waals surface area contributed by atoms with Crippen LogP contribution in [0.2, 0.25) is 0 Å². The quantitative estimate of drug-likeness (QED) is 0.314. The molecule has 43 heavy (non-hydrogen) atoms. The molecule has 1 aromatic heterocycles. The molecule has 2 amide bonds. The van der Waals surface area contributed by atoms with Gasteiger partial charge in [-0.05, 0) is 50.1 Å². The van der Waals surface area contributed by atoms with Crippen LogP contribution in [0.5, 0.6) is 5.75 Å². The summed E-state index contributed by atoms with van der Waals surface area (Å²) >= 11 is 0. The summed E-state index contributed by atoms with van der Waals surface area (Å²) in [5.41, 5.74) is 7.40. The second kappa shape index (κ2) is 12.8. The number of amides is 2. The number of carbonyl (C=O) groups excluding carboxylic acids is 2. The molecule has 0 saturated heterocycles. The van der Waals surface area contributed by atoms with Gasteiger partial charge < -0.3 is 25.7 Å². The van der Waals surface area contributed by atoms with E-state index in [0.717, 1.165) is 35.5 Å². The van der Waals surface area contributed by atoms with Crippen LogP contribution < -0.4 is 20.8 Å². The van der Waals surface area contributed by atoms with Crippen LogP contribution in [-0.4, -0.2) is 58.1 Å². The Morgan fingerprint density at radius 2 is 1.93 bits per heavy atom. The highest BCUT2D eigenvalue weighted by molar-refractivity contribution is 5.79. The summed E-state index contributed by atoms with van der Waals surface area (Å²) in [5, 5.41) is 10.6. The molecule has 1 unspecified atom stereocenters. The number of hydrogen-bond acceptors (Lipinski definition) is 8. The first-order chi connectivity index (χ1) is 20.6. The van der Waals surface area contributed by atoms with Crippen molar-refractivity contribution in [3.63, 3.8) is 0 Å². The molecule has 2 aliphatic rings. The Hall–Kier alpha value is -4.47. The van der Waals surface area contributed by atoms with E-state index in [1.165, 1.54) is 5.56 Å². The van der Waals surface area contributed by atoms with E-state index in [9.17, 15) is 9.59 Å². The van der Waals surface area contributed by atoms with E-state index >= 15 is 0 Å². The number of benzene rings is 2. The smallest absolute Gasteiger partial charge is 0.258 e. The van der Waals surface area contributed by atoms with Crippen molar-refractivity contribution in [3.05, 3.63) is 65.4 Å². The van der Waals surface area contributed by atoms with Gasteiger partial charge in [-0.1, -0.05) is 45.0 Å². The Morgan fingerprint density at radius 3 is 2.63 bits per heavy atom. The second-order valence-electron chi connectivity index (χ2n) is 12.1. The average molecular weight is 584 g/mol. The number of nitrogens with zero attached hydrogens (tertiary/aromatic N) is 4. The van der Waals surface area contributed by atoms with Crippen LogP contribution in [0.25, 0.3) is 11.4 Å². The fourth-order valence-corrected chi connectivity index (χ4v) is 5.08. The predicted octanol–water partition coefficient (Wildman–Crippen LogP) is 4.78. The maximum absolute atomic E-state index is 12.9. The fourth-order valence-electron chi connectivity index (χ4n) is 5.08. The van der Waals surface area contributed by atoms with Crippen molar-refractivity contribution in [2.75, 3.05) is 25.0 Å². The molecule has 0 spiro atoms. The molecule has 0 saturated carbocycles. The molecule has 0 aliphatic carbocycles. The van der Waals surface area contributed by atoms with Gasteiger partial charge in [-0.25, -0.2) is 9.97 Å². The molecule has 0 bridgehead atoms. The van der Waals surface area contributed by atoms with Crippen molar-refractivity contribution in [1.82, 2.24) is 25.6 Å². The fraction of sp³-hybridized carbons (Fsp3) is 0.424. The van der Waals surface area contributed by atoms with E-state index in [1.54, 1.807) is 0 Å². The molecule has 2 aromatic carbocycles. The van der Waals surface area contributed by atoms with Gasteiger partial charge in [0.15, 0.2) is 12.4 Å². The Balaban J connectivity index is 1.41. The zero-order valence-corrected chi connectivity index (χ0v) is 25.6. The van der Waals surface area contributed by atoms with Crippen LogP contribution in [0.1, 0.15) is 63.8 Å². The normalized spacial score (nSPS) is 16.0. The first-order valence-corrected chi connectivity index (χ1v) is 15.0. The van der Waals surface area contributed by atoms with E-state index in [0.29, 0.717) is 36.9 Å². The topological polar surface area (TPSA) is 121 Å². The number of nitrogens with one attached hydrogen (secondary N) is 3. The predicted molar refractivity (Wildman–Crippen MR) is 168 cm³/mol. The number of carbonyl (C=O) groups is 2.